The van der Waals surface area contributed by atoms with E-state index in [9.17, 15) is 9.59 Å². The zero-order chi connectivity index (χ0) is 19.4. The second-order valence-electron chi connectivity index (χ2n) is 5.69. The number of halogens is 1. The van der Waals surface area contributed by atoms with Gasteiger partial charge in [0.25, 0.3) is 5.56 Å². The summed E-state index contributed by atoms with van der Waals surface area (Å²) in [5, 5.41) is 4.34. The van der Waals surface area contributed by atoms with Crippen LogP contribution >= 0.6 is 15.9 Å². The molecule has 0 spiro atoms. The van der Waals surface area contributed by atoms with Crippen LogP contribution in [0.4, 0.5) is 0 Å². The van der Waals surface area contributed by atoms with Crippen molar-refractivity contribution in [2.24, 2.45) is 0 Å². The van der Waals surface area contributed by atoms with Crippen LogP contribution in [0.5, 0.6) is 11.5 Å². The van der Waals surface area contributed by atoms with Crippen molar-refractivity contribution >= 4 is 21.7 Å². The lowest BCUT2D eigenvalue weighted by atomic mass is 10.1. The first-order valence-corrected chi connectivity index (χ1v) is 8.91. The average molecular weight is 429 g/mol. The summed E-state index contributed by atoms with van der Waals surface area (Å²) in [6.45, 7) is -0.174. The van der Waals surface area contributed by atoms with E-state index in [0.29, 0.717) is 22.8 Å². The Morgan fingerprint density at radius 1 is 1.04 bits per heavy atom. The monoisotopic (exact) mass is 428 g/mol. The molecule has 1 heterocycles. The van der Waals surface area contributed by atoms with Crippen molar-refractivity contribution in [1.29, 1.82) is 0 Å². The predicted molar refractivity (Wildman–Crippen MR) is 106 cm³/mol. The van der Waals surface area contributed by atoms with Crippen molar-refractivity contribution in [2.45, 2.75) is 6.54 Å². The number of Topliss-reactive ketones (excluding diaryl/α,β-unsaturated/α-hetero) is 1. The fourth-order valence-electron chi connectivity index (χ4n) is 2.61. The molecule has 3 rings (SSSR count). The molecule has 27 heavy (non-hydrogen) atoms. The standard InChI is InChI=1S/C20H17BrN2O4/c1-26-18-9-7-13(11-19(18)27-2)17(24)12-23-20(25)10-8-16(22-23)14-5-3-4-6-15(14)21/h3-11H,12H2,1-2H3. The summed E-state index contributed by atoms with van der Waals surface area (Å²) in [5.74, 6) is 0.723. The van der Waals surface area contributed by atoms with Gasteiger partial charge in [0, 0.05) is 21.7 Å². The van der Waals surface area contributed by atoms with E-state index >= 15 is 0 Å². The minimum absolute atomic E-state index is 0.174. The number of nitrogens with zero attached hydrogens (tertiary/aromatic N) is 2. The smallest absolute Gasteiger partial charge is 0.267 e. The zero-order valence-corrected chi connectivity index (χ0v) is 16.4. The van der Waals surface area contributed by atoms with Gasteiger partial charge in [0.2, 0.25) is 0 Å². The summed E-state index contributed by atoms with van der Waals surface area (Å²) in [5.41, 5.74) is 1.50. The summed E-state index contributed by atoms with van der Waals surface area (Å²) in [7, 11) is 3.02. The molecule has 0 saturated carbocycles. The van der Waals surface area contributed by atoms with E-state index in [1.165, 1.54) is 20.3 Å². The number of carbonyl (C=O) groups is 1. The van der Waals surface area contributed by atoms with E-state index in [-0.39, 0.29) is 17.9 Å². The first kappa shape index (κ1) is 18.8. The molecule has 1 aromatic heterocycles. The molecule has 6 nitrogen and oxygen atoms in total. The maximum Gasteiger partial charge on any atom is 0.267 e. The molecule has 7 heteroatoms. The molecule has 0 atom stereocenters. The Hall–Kier alpha value is -2.93. The molecule has 138 valence electrons. The van der Waals surface area contributed by atoms with E-state index in [1.807, 2.05) is 24.3 Å². The van der Waals surface area contributed by atoms with Gasteiger partial charge in [-0.25, -0.2) is 4.68 Å². The lowest BCUT2D eigenvalue weighted by Gasteiger charge is -2.10. The Kier molecular flexibility index (Phi) is 5.71. The molecule has 3 aromatic rings. The van der Waals surface area contributed by atoms with Crippen molar-refractivity contribution in [3.05, 3.63) is 75.0 Å². The Bertz CT molecular complexity index is 1050. The largest absolute Gasteiger partial charge is 0.493 e. The highest BCUT2D eigenvalue weighted by molar-refractivity contribution is 9.10. The molecule has 0 aliphatic carbocycles. The lowest BCUT2D eigenvalue weighted by Crippen LogP contribution is -2.26. The summed E-state index contributed by atoms with van der Waals surface area (Å²) < 4.78 is 12.4. The van der Waals surface area contributed by atoms with Crippen LogP contribution in [0, 0.1) is 0 Å². The second-order valence-corrected chi connectivity index (χ2v) is 6.54. The van der Waals surface area contributed by atoms with Crippen LogP contribution in [0.25, 0.3) is 11.3 Å². The molecular formula is C20H17BrN2O4. The van der Waals surface area contributed by atoms with Crippen LogP contribution in [0.1, 0.15) is 10.4 Å². The Balaban J connectivity index is 1.92. The fraction of sp³-hybridized carbons (Fsp3) is 0.150. The van der Waals surface area contributed by atoms with Gasteiger partial charge in [0.15, 0.2) is 17.3 Å². The third-order valence-corrected chi connectivity index (χ3v) is 4.71. The molecular weight excluding hydrogens is 412 g/mol. The van der Waals surface area contributed by atoms with Gasteiger partial charge >= 0.3 is 0 Å². The number of carbonyl (C=O) groups excluding carboxylic acids is 1. The molecule has 0 amide bonds. The van der Waals surface area contributed by atoms with Crippen molar-refractivity contribution in [3.8, 4) is 22.8 Å². The van der Waals surface area contributed by atoms with Crippen LogP contribution in [0.15, 0.2) is 63.9 Å². The highest BCUT2D eigenvalue weighted by Gasteiger charge is 2.14. The molecule has 0 bridgehead atoms. The second kappa shape index (κ2) is 8.18. The highest BCUT2D eigenvalue weighted by Crippen LogP contribution is 2.28. The normalized spacial score (nSPS) is 10.5. The number of hydrogen-bond donors (Lipinski definition) is 0. The van der Waals surface area contributed by atoms with Gasteiger partial charge in [-0.3, -0.25) is 9.59 Å². The van der Waals surface area contributed by atoms with Crippen molar-refractivity contribution in [2.75, 3.05) is 14.2 Å². The third kappa shape index (κ3) is 4.09. The first-order chi connectivity index (χ1) is 13.0. The fourth-order valence-corrected chi connectivity index (χ4v) is 3.10. The molecule has 0 fully saturated rings. The van der Waals surface area contributed by atoms with Crippen LogP contribution in [-0.2, 0) is 6.54 Å². The van der Waals surface area contributed by atoms with Crippen LogP contribution in [0.2, 0.25) is 0 Å². The lowest BCUT2D eigenvalue weighted by molar-refractivity contribution is 0.0965. The number of benzene rings is 2. The van der Waals surface area contributed by atoms with E-state index in [2.05, 4.69) is 21.0 Å². The molecule has 0 aliphatic heterocycles. The Morgan fingerprint density at radius 3 is 2.48 bits per heavy atom. The van der Waals surface area contributed by atoms with Gasteiger partial charge in [-0.2, -0.15) is 5.10 Å². The van der Waals surface area contributed by atoms with Crippen LogP contribution in [-0.4, -0.2) is 29.8 Å². The third-order valence-electron chi connectivity index (χ3n) is 4.02. The SMILES string of the molecule is COc1ccc(C(=O)Cn2nc(-c3ccccc3Br)ccc2=O)cc1OC. The number of ketones is 1. The minimum atomic E-state index is -0.348. The van der Waals surface area contributed by atoms with Gasteiger partial charge in [-0.15, -0.1) is 0 Å². The number of ether oxygens (including phenoxy) is 2. The number of rotatable bonds is 6. The summed E-state index contributed by atoms with van der Waals surface area (Å²) in [6.07, 6.45) is 0. The number of methoxy groups -OCH3 is 2. The number of hydrogen-bond acceptors (Lipinski definition) is 5. The minimum Gasteiger partial charge on any atom is -0.493 e. The van der Waals surface area contributed by atoms with E-state index in [1.54, 1.807) is 24.3 Å². The molecule has 0 aliphatic rings. The average Bonchev–Trinajstić information content (AvgIpc) is 2.69. The van der Waals surface area contributed by atoms with Gasteiger partial charge in [-0.05, 0) is 30.3 Å². The Labute approximate surface area is 164 Å². The summed E-state index contributed by atoms with van der Waals surface area (Å²) in [6, 6.07) is 15.5. The van der Waals surface area contributed by atoms with Crippen LogP contribution < -0.4 is 15.0 Å². The first-order valence-electron chi connectivity index (χ1n) is 8.12. The zero-order valence-electron chi connectivity index (χ0n) is 14.8. The van der Waals surface area contributed by atoms with Crippen molar-refractivity contribution in [3.63, 3.8) is 0 Å². The maximum atomic E-state index is 12.6. The quantitative estimate of drug-likeness (QED) is 0.561. The molecule has 0 saturated heterocycles. The van der Waals surface area contributed by atoms with E-state index in [0.717, 1.165) is 14.7 Å². The summed E-state index contributed by atoms with van der Waals surface area (Å²) in [4.78, 5) is 24.8. The van der Waals surface area contributed by atoms with Gasteiger partial charge in [-0.1, -0.05) is 34.1 Å². The van der Waals surface area contributed by atoms with E-state index < -0.39 is 0 Å². The predicted octanol–water partition coefficient (Wildman–Crippen LogP) is 3.57. The highest BCUT2D eigenvalue weighted by atomic mass is 79.9. The topological polar surface area (TPSA) is 70.4 Å². The molecule has 2 aromatic carbocycles. The van der Waals surface area contributed by atoms with Gasteiger partial charge < -0.3 is 9.47 Å². The van der Waals surface area contributed by atoms with Crippen LogP contribution in [0.3, 0.4) is 0 Å². The van der Waals surface area contributed by atoms with Crippen molar-refractivity contribution < 1.29 is 14.3 Å². The van der Waals surface area contributed by atoms with Crippen molar-refractivity contribution in [1.82, 2.24) is 9.78 Å². The maximum absolute atomic E-state index is 12.6. The van der Waals surface area contributed by atoms with Gasteiger partial charge in [0.05, 0.1) is 19.9 Å². The van der Waals surface area contributed by atoms with E-state index in [4.69, 9.17) is 9.47 Å². The molecule has 0 unspecified atom stereocenters. The van der Waals surface area contributed by atoms with Gasteiger partial charge in [0.1, 0.15) is 6.54 Å². The Morgan fingerprint density at radius 2 is 1.78 bits per heavy atom. The molecule has 0 N–H and O–H groups in total. The summed E-state index contributed by atoms with van der Waals surface area (Å²) >= 11 is 3.47. The number of aromatic nitrogens is 2. The molecule has 0 radical (unpaired) electrons.